The van der Waals surface area contributed by atoms with Crippen LogP contribution in [-0.4, -0.2) is 29.3 Å². The molecule has 3 rings (SSSR count). The van der Waals surface area contributed by atoms with Gasteiger partial charge >= 0.3 is 6.03 Å². The summed E-state index contributed by atoms with van der Waals surface area (Å²) in [5, 5.41) is 4.67. The number of nitrogens with one attached hydrogen (secondary N) is 2. The average Bonchev–Trinajstić information content (AvgIpc) is 2.84. The molecule has 0 aliphatic carbocycles. The van der Waals surface area contributed by atoms with Crippen LogP contribution < -0.4 is 10.6 Å². The molecule has 0 unspecified atom stereocenters. The van der Waals surface area contributed by atoms with Crippen molar-refractivity contribution in [2.45, 2.75) is 19.4 Å². The third kappa shape index (κ3) is 3.42. The van der Waals surface area contributed by atoms with Crippen molar-refractivity contribution in [1.29, 1.82) is 0 Å². The molecule has 2 N–H and O–H groups in total. The number of carbonyl (C=O) groups is 3. The zero-order valence-electron chi connectivity index (χ0n) is 15.0. The number of urea groups is 1. The number of hydrogen-bond donors (Lipinski definition) is 2. The maximum Gasteiger partial charge on any atom is 0.325 e. The summed E-state index contributed by atoms with van der Waals surface area (Å²) >= 11 is 0. The van der Waals surface area contributed by atoms with Crippen LogP contribution in [0.1, 0.15) is 18.1 Å². The van der Waals surface area contributed by atoms with Crippen molar-refractivity contribution in [3.05, 3.63) is 65.0 Å². The molecule has 1 saturated heterocycles. The molecule has 28 heavy (non-hydrogen) atoms. The number of hydrogen-bond acceptors (Lipinski definition) is 3. The van der Waals surface area contributed by atoms with E-state index >= 15 is 0 Å². The zero-order valence-corrected chi connectivity index (χ0v) is 15.0. The fourth-order valence-electron chi connectivity index (χ4n) is 2.92. The number of rotatable bonds is 4. The molecule has 0 radical (unpaired) electrons. The zero-order chi connectivity index (χ0) is 20.6. The lowest BCUT2D eigenvalue weighted by atomic mass is 9.91. The summed E-state index contributed by atoms with van der Waals surface area (Å²) in [7, 11) is 0. The van der Waals surface area contributed by atoms with Crippen molar-refractivity contribution in [3.63, 3.8) is 0 Å². The minimum Gasteiger partial charge on any atom is -0.324 e. The molecule has 1 heterocycles. The van der Waals surface area contributed by atoms with Crippen molar-refractivity contribution in [1.82, 2.24) is 10.2 Å². The Morgan fingerprint density at radius 1 is 1.11 bits per heavy atom. The van der Waals surface area contributed by atoms with Crippen LogP contribution in [0.3, 0.4) is 0 Å². The summed E-state index contributed by atoms with van der Waals surface area (Å²) in [4.78, 5) is 37.7. The van der Waals surface area contributed by atoms with E-state index in [0.29, 0.717) is 10.5 Å². The third-order valence-corrected chi connectivity index (χ3v) is 4.50. The lowest BCUT2D eigenvalue weighted by molar-refractivity contribution is -0.133. The smallest absolute Gasteiger partial charge is 0.324 e. The second-order valence-corrected chi connectivity index (χ2v) is 6.58. The fraction of sp³-hybridized carbons (Fsp3) is 0.211. The van der Waals surface area contributed by atoms with E-state index in [1.807, 2.05) is 0 Å². The summed E-state index contributed by atoms with van der Waals surface area (Å²) in [5.41, 5.74) is -1.67. The number of anilines is 1. The SMILES string of the molecule is Cc1ccc(NC(=O)CN2C(=O)N[C@@](C)(c3cc(F)ccc3F)C2=O)cc1F. The van der Waals surface area contributed by atoms with Gasteiger partial charge in [0.2, 0.25) is 5.91 Å². The van der Waals surface area contributed by atoms with E-state index in [2.05, 4.69) is 10.6 Å². The maximum absolute atomic E-state index is 14.1. The van der Waals surface area contributed by atoms with Gasteiger partial charge in [-0.15, -0.1) is 0 Å². The molecule has 1 aliphatic heterocycles. The Bertz CT molecular complexity index is 996. The Balaban J connectivity index is 1.79. The molecule has 1 fully saturated rings. The lowest BCUT2D eigenvalue weighted by Gasteiger charge is -2.22. The first-order valence-corrected chi connectivity index (χ1v) is 8.27. The van der Waals surface area contributed by atoms with E-state index in [9.17, 15) is 27.6 Å². The van der Waals surface area contributed by atoms with Crippen LogP contribution in [0.25, 0.3) is 0 Å². The van der Waals surface area contributed by atoms with Crippen LogP contribution in [0.5, 0.6) is 0 Å². The Hall–Kier alpha value is -3.36. The van der Waals surface area contributed by atoms with Gasteiger partial charge in [-0.3, -0.25) is 14.5 Å². The summed E-state index contributed by atoms with van der Waals surface area (Å²) < 4.78 is 41.2. The quantitative estimate of drug-likeness (QED) is 0.787. The number of benzene rings is 2. The number of nitrogens with zero attached hydrogens (tertiary/aromatic N) is 1. The summed E-state index contributed by atoms with van der Waals surface area (Å²) in [6.45, 7) is 2.10. The number of aryl methyl sites for hydroxylation is 1. The largest absolute Gasteiger partial charge is 0.325 e. The molecule has 0 saturated carbocycles. The van der Waals surface area contributed by atoms with Crippen molar-refractivity contribution in [2.24, 2.45) is 0 Å². The highest BCUT2D eigenvalue weighted by molar-refractivity contribution is 6.10. The van der Waals surface area contributed by atoms with Crippen LogP contribution in [0.2, 0.25) is 0 Å². The van der Waals surface area contributed by atoms with E-state index in [1.54, 1.807) is 6.92 Å². The predicted molar refractivity (Wildman–Crippen MR) is 93.7 cm³/mol. The maximum atomic E-state index is 14.1. The van der Waals surface area contributed by atoms with Gasteiger partial charge in [-0.1, -0.05) is 6.07 Å². The second kappa shape index (κ2) is 6.99. The number of amides is 4. The molecule has 1 aliphatic rings. The monoisotopic (exact) mass is 391 g/mol. The first-order valence-electron chi connectivity index (χ1n) is 8.27. The molecule has 6 nitrogen and oxygen atoms in total. The van der Waals surface area contributed by atoms with E-state index in [4.69, 9.17) is 0 Å². The normalized spacial score (nSPS) is 19.0. The van der Waals surface area contributed by atoms with Gasteiger partial charge in [0, 0.05) is 11.3 Å². The molecular formula is C19H16F3N3O3. The highest BCUT2D eigenvalue weighted by Gasteiger charge is 2.50. The predicted octanol–water partition coefficient (Wildman–Crippen LogP) is 2.82. The molecule has 9 heteroatoms. The Kier molecular flexibility index (Phi) is 4.84. The van der Waals surface area contributed by atoms with Gasteiger partial charge in [0.25, 0.3) is 5.91 Å². The fourth-order valence-corrected chi connectivity index (χ4v) is 2.92. The number of carbonyl (C=O) groups excluding carboxylic acids is 3. The van der Waals surface area contributed by atoms with Gasteiger partial charge in [0.05, 0.1) is 0 Å². The van der Waals surface area contributed by atoms with E-state index < -0.39 is 47.4 Å². The average molecular weight is 391 g/mol. The van der Waals surface area contributed by atoms with E-state index in [0.717, 1.165) is 24.3 Å². The van der Waals surface area contributed by atoms with Gasteiger partial charge < -0.3 is 10.6 Å². The molecule has 2 aromatic rings. The van der Waals surface area contributed by atoms with Crippen LogP contribution >= 0.6 is 0 Å². The topological polar surface area (TPSA) is 78.5 Å². The van der Waals surface area contributed by atoms with Crippen LogP contribution in [-0.2, 0) is 15.1 Å². The van der Waals surface area contributed by atoms with Crippen LogP contribution in [0.15, 0.2) is 36.4 Å². The van der Waals surface area contributed by atoms with Crippen LogP contribution in [0.4, 0.5) is 23.7 Å². The van der Waals surface area contributed by atoms with E-state index in [-0.39, 0.29) is 11.3 Å². The Morgan fingerprint density at radius 3 is 2.50 bits per heavy atom. The Labute approximate surface area is 158 Å². The minimum atomic E-state index is -1.86. The van der Waals surface area contributed by atoms with Crippen molar-refractivity contribution in [3.8, 4) is 0 Å². The van der Waals surface area contributed by atoms with Crippen molar-refractivity contribution < 1.29 is 27.6 Å². The van der Waals surface area contributed by atoms with Crippen molar-refractivity contribution >= 4 is 23.5 Å². The first-order chi connectivity index (χ1) is 13.1. The summed E-state index contributed by atoms with van der Waals surface area (Å²) in [6.07, 6.45) is 0. The standard InChI is InChI=1S/C19H16F3N3O3/c1-10-3-5-12(8-15(10)22)23-16(26)9-25-17(27)19(2,24-18(25)28)13-7-11(20)4-6-14(13)21/h3-8H,9H2,1-2H3,(H,23,26)(H,24,28)/t19-/m0/s1. The number of halogens is 3. The van der Waals surface area contributed by atoms with Gasteiger partial charge in [-0.2, -0.15) is 0 Å². The van der Waals surface area contributed by atoms with Crippen LogP contribution in [0, 0.1) is 24.4 Å². The van der Waals surface area contributed by atoms with Gasteiger partial charge in [0.15, 0.2) is 0 Å². The van der Waals surface area contributed by atoms with Gasteiger partial charge in [0.1, 0.15) is 29.5 Å². The summed E-state index contributed by atoms with van der Waals surface area (Å²) in [5.74, 6) is -3.85. The molecule has 1 atom stereocenters. The molecule has 0 aromatic heterocycles. The summed E-state index contributed by atoms with van der Waals surface area (Å²) in [6, 6.07) is 5.64. The van der Waals surface area contributed by atoms with Gasteiger partial charge in [-0.05, 0) is 49.7 Å². The van der Waals surface area contributed by atoms with E-state index in [1.165, 1.54) is 19.1 Å². The molecule has 146 valence electrons. The first kappa shape index (κ1) is 19.4. The van der Waals surface area contributed by atoms with Crippen molar-refractivity contribution in [2.75, 3.05) is 11.9 Å². The minimum absolute atomic E-state index is 0.152. The Morgan fingerprint density at radius 2 is 1.82 bits per heavy atom. The lowest BCUT2D eigenvalue weighted by Crippen LogP contribution is -2.42. The second-order valence-electron chi connectivity index (χ2n) is 6.58. The van der Waals surface area contributed by atoms with Gasteiger partial charge in [-0.25, -0.2) is 18.0 Å². The molecule has 0 bridgehead atoms. The molecule has 2 aromatic carbocycles. The molecule has 0 spiro atoms. The number of imide groups is 1. The molecular weight excluding hydrogens is 375 g/mol. The highest BCUT2D eigenvalue weighted by Crippen LogP contribution is 2.31. The third-order valence-electron chi connectivity index (χ3n) is 4.50. The molecule has 4 amide bonds. The highest BCUT2D eigenvalue weighted by atomic mass is 19.1.